The van der Waals surface area contributed by atoms with Crippen LogP contribution in [-0.2, 0) is 14.8 Å². The standard InChI is InChI=1S/C12H12F2N2O3S/c1-16(12(7-15)5-6-19-8-12)20(17,18)10-4-2-3-9(13)11(10)14/h2-4H,5-6,8H2,1H3/t12-/m1/s1. The van der Waals surface area contributed by atoms with Crippen LogP contribution in [0.2, 0.25) is 0 Å². The van der Waals surface area contributed by atoms with Crippen molar-refractivity contribution in [1.82, 2.24) is 4.31 Å². The fraction of sp³-hybridized carbons (Fsp3) is 0.417. The highest BCUT2D eigenvalue weighted by molar-refractivity contribution is 7.89. The van der Waals surface area contributed by atoms with E-state index in [-0.39, 0.29) is 19.6 Å². The molecule has 0 spiro atoms. The Morgan fingerprint density at radius 3 is 2.70 bits per heavy atom. The molecule has 1 aliphatic rings. The molecule has 0 amide bonds. The van der Waals surface area contributed by atoms with Crippen LogP contribution in [-0.4, -0.2) is 38.5 Å². The summed E-state index contributed by atoms with van der Waals surface area (Å²) in [7, 11) is -3.17. The SMILES string of the molecule is CN([C@@]1(C#N)CCOC1)S(=O)(=O)c1cccc(F)c1F. The molecular formula is C12H12F2N2O3S. The molecule has 1 aromatic carbocycles. The lowest BCUT2D eigenvalue weighted by Gasteiger charge is -2.30. The first-order valence-electron chi connectivity index (χ1n) is 5.77. The van der Waals surface area contributed by atoms with E-state index in [1.54, 1.807) is 0 Å². The number of nitriles is 1. The van der Waals surface area contributed by atoms with Crippen LogP contribution in [0, 0.1) is 23.0 Å². The lowest BCUT2D eigenvalue weighted by atomic mass is 10.0. The molecule has 0 saturated carbocycles. The average molecular weight is 302 g/mol. The molecule has 0 aliphatic carbocycles. The molecule has 1 aliphatic heterocycles. The van der Waals surface area contributed by atoms with E-state index in [0.29, 0.717) is 0 Å². The van der Waals surface area contributed by atoms with E-state index in [1.807, 2.05) is 6.07 Å². The quantitative estimate of drug-likeness (QED) is 0.843. The van der Waals surface area contributed by atoms with Crippen LogP contribution in [0.25, 0.3) is 0 Å². The number of sulfonamides is 1. The van der Waals surface area contributed by atoms with Gasteiger partial charge in [0, 0.05) is 20.1 Å². The molecule has 1 heterocycles. The summed E-state index contributed by atoms with van der Waals surface area (Å²) in [6, 6.07) is 4.78. The summed E-state index contributed by atoms with van der Waals surface area (Å²) in [6.45, 7) is 0.134. The summed E-state index contributed by atoms with van der Waals surface area (Å²) in [5.74, 6) is -2.71. The van der Waals surface area contributed by atoms with Gasteiger partial charge in [0.25, 0.3) is 0 Å². The number of nitrogens with zero attached hydrogens (tertiary/aromatic N) is 2. The van der Waals surface area contributed by atoms with E-state index in [2.05, 4.69) is 0 Å². The van der Waals surface area contributed by atoms with Gasteiger partial charge in [-0.05, 0) is 12.1 Å². The van der Waals surface area contributed by atoms with Crippen molar-refractivity contribution in [3.8, 4) is 6.07 Å². The fourth-order valence-corrected chi connectivity index (χ4v) is 3.54. The predicted octanol–water partition coefficient (Wildman–Crippen LogP) is 1.27. The van der Waals surface area contributed by atoms with Crippen LogP contribution in [0.15, 0.2) is 23.1 Å². The molecule has 0 unspecified atom stereocenters. The normalized spacial score (nSPS) is 22.9. The zero-order valence-corrected chi connectivity index (χ0v) is 11.5. The minimum absolute atomic E-state index is 0.101. The van der Waals surface area contributed by atoms with Crippen LogP contribution in [0.3, 0.4) is 0 Å². The third kappa shape index (κ3) is 2.18. The van der Waals surface area contributed by atoms with Gasteiger partial charge in [-0.1, -0.05) is 6.07 Å². The molecule has 0 N–H and O–H groups in total. The van der Waals surface area contributed by atoms with E-state index in [4.69, 9.17) is 4.74 Å². The minimum atomic E-state index is -4.33. The number of hydrogen-bond acceptors (Lipinski definition) is 4. The largest absolute Gasteiger partial charge is 0.378 e. The first-order chi connectivity index (χ1) is 9.35. The van der Waals surface area contributed by atoms with Gasteiger partial charge in [0.2, 0.25) is 10.0 Å². The number of ether oxygens (including phenoxy) is 1. The van der Waals surface area contributed by atoms with Crippen LogP contribution in [0.4, 0.5) is 8.78 Å². The Balaban J connectivity index is 2.50. The number of rotatable bonds is 3. The molecule has 0 aromatic heterocycles. The Kier molecular flexibility index (Phi) is 3.77. The van der Waals surface area contributed by atoms with Gasteiger partial charge in [0.15, 0.2) is 11.6 Å². The molecule has 0 bridgehead atoms. The van der Waals surface area contributed by atoms with Crippen molar-refractivity contribution in [1.29, 1.82) is 5.26 Å². The van der Waals surface area contributed by atoms with Crippen molar-refractivity contribution in [3.05, 3.63) is 29.8 Å². The second-order valence-corrected chi connectivity index (χ2v) is 6.41. The Morgan fingerprint density at radius 1 is 1.45 bits per heavy atom. The van der Waals surface area contributed by atoms with E-state index in [0.717, 1.165) is 29.6 Å². The van der Waals surface area contributed by atoms with Gasteiger partial charge in [-0.3, -0.25) is 0 Å². The van der Waals surface area contributed by atoms with Gasteiger partial charge < -0.3 is 4.74 Å². The third-order valence-corrected chi connectivity index (χ3v) is 5.31. The summed E-state index contributed by atoms with van der Waals surface area (Å²) in [4.78, 5) is -0.790. The first-order valence-corrected chi connectivity index (χ1v) is 7.21. The molecule has 0 radical (unpaired) electrons. The number of likely N-dealkylation sites (N-methyl/N-ethyl adjacent to an activating group) is 1. The van der Waals surface area contributed by atoms with Crippen molar-refractivity contribution in [2.75, 3.05) is 20.3 Å². The zero-order valence-electron chi connectivity index (χ0n) is 10.6. The molecule has 1 atom stereocenters. The van der Waals surface area contributed by atoms with Gasteiger partial charge >= 0.3 is 0 Å². The van der Waals surface area contributed by atoms with E-state index < -0.39 is 32.1 Å². The van der Waals surface area contributed by atoms with Crippen LogP contribution in [0.5, 0.6) is 0 Å². The van der Waals surface area contributed by atoms with Gasteiger partial charge in [0.1, 0.15) is 10.4 Å². The monoisotopic (exact) mass is 302 g/mol. The highest BCUT2D eigenvalue weighted by Crippen LogP contribution is 2.31. The van der Waals surface area contributed by atoms with Gasteiger partial charge in [-0.25, -0.2) is 17.2 Å². The highest BCUT2D eigenvalue weighted by atomic mass is 32.2. The summed E-state index contributed by atoms with van der Waals surface area (Å²) in [5.41, 5.74) is -1.39. The Labute approximate surface area is 115 Å². The summed E-state index contributed by atoms with van der Waals surface area (Å²) >= 11 is 0. The average Bonchev–Trinajstić information content (AvgIpc) is 2.90. The maximum absolute atomic E-state index is 13.7. The number of benzene rings is 1. The molecule has 8 heteroatoms. The van der Waals surface area contributed by atoms with Crippen molar-refractivity contribution in [2.24, 2.45) is 0 Å². The predicted molar refractivity (Wildman–Crippen MR) is 65.1 cm³/mol. The molecule has 5 nitrogen and oxygen atoms in total. The second-order valence-electron chi connectivity index (χ2n) is 4.47. The Hall–Kier alpha value is -1.56. The van der Waals surface area contributed by atoms with E-state index in [1.165, 1.54) is 0 Å². The van der Waals surface area contributed by atoms with Crippen molar-refractivity contribution >= 4 is 10.0 Å². The van der Waals surface area contributed by atoms with E-state index in [9.17, 15) is 22.5 Å². The summed E-state index contributed by atoms with van der Waals surface area (Å²) in [5, 5.41) is 9.22. The number of hydrogen-bond donors (Lipinski definition) is 0. The second kappa shape index (κ2) is 5.09. The maximum atomic E-state index is 13.7. The smallest absolute Gasteiger partial charge is 0.247 e. The zero-order chi connectivity index (χ0) is 15.0. The first kappa shape index (κ1) is 14.8. The topological polar surface area (TPSA) is 70.4 Å². The lowest BCUT2D eigenvalue weighted by Crippen LogP contribution is -2.49. The molecule has 1 fully saturated rings. The summed E-state index contributed by atoms with van der Waals surface area (Å²) < 4.78 is 57.4. The molecule has 1 aromatic rings. The third-order valence-electron chi connectivity index (χ3n) is 3.37. The molecule has 20 heavy (non-hydrogen) atoms. The Morgan fingerprint density at radius 2 is 2.15 bits per heavy atom. The van der Waals surface area contributed by atoms with Crippen LogP contribution < -0.4 is 0 Å². The minimum Gasteiger partial charge on any atom is -0.378 e. The molecule has 108 valence electrons. The molecule has 2 rings (SSSR count). The van der Waals surface area contributed by atoms with Crippen molar-refractivity contribution < 1.29 is 21.9 Å². The lowest BCUT2D eigenvalue weighted by molar-refractivity contribution is 0.162. The van der Waals surface area contributed by atoms with Crippen molar-refractivity contribution in [3.63, 3.8) is 0 Å². The van der Waals surface area contributed by atoms with Gasteiger partial charge in [-0.2, -0.15) is 9.57 Å². The van der Waals surface area contributed by atoms with Crippen LogP contribution >= 0.6 is 0 Å². The molecule has 1 saturated heterocycles. The maximum Gasteiger partial charge on any atom is 0.247 e. The fourth-order valence-electron chi connectivity index (χ4n) is 2.02. The van der Waals surface area contributed by atoms with Gasteiger partial charge in [0.05, 0.1) is 12.7 Å². The highest BCUT2D eigenvalue weighted by Gasteiger charge is 2.46. The Bertz CT molecular complexity index is 664. The van der Waals surface area contributed by atoms with Crippen molar-refractivity contribution in [2.45, 2.75) is 16.9 Å². The summed E-state index contributed by atoms with van der Waals surface area (Å²) in [6.07, 6.45) is 0.177. The van der Waals surface area contributed by atoms with Gasteiger partial charge in [-0.15, -0.1) is 0 Å². The van der Waals surface area contributed by atoms with E-state index >= 15 is 0 Å². The number of halogens is 2. The van der Waals surface area contributed by atoms with Crippen LogP contribution in [0.1, 0.15) is 6.42 Å². The molecular weight excluding hydrogens is 290 g/mol.